The minimum Gasteiger partial charge on any atom is -0.365 e. The third-order valence-corrected chi connectivity index (χ3v) is 6.27. The molecule has 1 fully saturated rings. The number of nitrogens with zero attached hydrogens (tertiary/aromatic N) is 3. The van der Waals surface area contributed by atoms with Crippen molar-refractivity contribution in [2.24, 2.45) is 5.73 Å². The molecule has 10 heteroatoms. The van der Waals surface area contributed by atoms with Crippen molar-refractivity contribution in [2.45, 2.75) is 18.2 Å². The molecule has 1 aliphatic rings. The molecule has 0 bridgehead atoms. The van der Waals surface area contributed by atoms with Crippen molar-refractivity contribution in [3.63, 3.8) is 0 Å². The summed E-state index contributed by atoms with van der Waals surface area (Å²) in [6.45, 7) is 0.341. The van der Waals surface area contributed by atoms with E-state index in [-0.39, 0.29) is 36.0 Å². The van der Waals surface area contributed by atoms with Gasteiger partial charge in [0.05, 0.1) is 35.5 Å². The van der Waals surface area contributed by atoms with Gasteiger partial charge in [-0.05, 0) is 24.1 Å². The fourth-order valence-electron chi connectivity index (χ4n) is 4.30. The van der Waals surface area contributed by atoms with Crippen LogP contribution in [-0.2, 0) is 20.7 Å². The van der Waals surface area contributed by atoms with E-state index in [1.54, 1.807) is 6.20 Å². The highest BCUT2D eigenvalue weighted by atomic mass is 35.5. The molecule has 3 N–H and O–H groups in total. The molecule has 3 heterocycles. The highest BCUT2D eigenvalue weighted by Gasteiger charge is 2.51. The molecule has 1 unspecified atom stereocenters. The SMILES string of the molecule is NC(=O)C1(C(Cc2ccccc2)NC(=O)c2cc(Cl)cnc2-n2ccc(-c3ccccc3)n2)OCCO1. The molecule has 4 aromatic rings. The van der Waals surface area contributed by atoms with E-state index in [0.717, 1.165) is 11.1 Å². The number of amides is 2. The third-order valence-electron chi connectivity index (χ3n) is 6.06. The number of aromatic nitrogens is 3. The van der Waals surface area contributed by atoms with Gasteiger partial charge in [-0.2, -0.15) is 5.10 Å². The summed E-state index contributed by atoms with van der Waals surface area (Å²) in [6.07, 6.45) is 3.39. The Morgan fingerprint density at radius 3 is 2.41 bits per heavy atom. The molecule has 9 nitrogen and oxygen atoms in total. The molecular weight excluding hydrogens is 494 g/mol. The minimum absolute atomic E-state index is 0.158. The van der Waals surface area contributed by atoms with Crippen molar-refractivity contribution in [3.05, 3.63) is 101 Å². The number of hydrogen-bond donors (Lipinski definition) is 2. The lowest BCUT2D eigenvalue weighted by molar-refractivity contribution is -0.189. The standard InChI is InChI=1S/C27H24ClN5O4/c28-20-16-21(24(30-17-20)33-12-11-22(32-33)19-9-5-2-6-10-19)25(34)31-23(15-18-7-3-1-4-8-18)27(26(29)35)36-13-14-37-27/h1-12,16-17,23H,13-15H2,(H2,29,35)(H,31,34). The van der Waals surface area contributed by atoms with Crippen LogP contribution in [0.1, 0.15) is 15.9 Å². The lowest BCUT2D eigenvalue weighted by Gasteiger charge is -2.33. The van der Waals surface area contributed by atoms with Gasteiger partial charge in [-0.1, -0.05) is 72.3 Å². The fourth-order valence-corrected chi connectivity index (χ4v) is 4.45. The minimum atomic E-state index is -1.82. The largest absolute Gasteiger partial charge is 0.365 e. The maximum atomic E-state index is 13.7. The van der Waals surface area contributed by atoms with Crippen LogP contribution in [0, 0.1) is 0 Å². The van der Waals surface area contributed by atoms with Crippen LogP contribution < -0.4 is 11.1 Å². The molecule has 2 aromatic carbocycles. The molecular formula is C27H24ClN5O4. The third kappa shape index (κ3) is 5.10. The highest BCUT2D eigenvalue weighted by Crippen LogP contribution is 2.27. The molecule has 188 valence electrons. The first kappa shape index (κ1) is 24.6. The Morgan fingerprint density at radius 1 is 1.05 bits per heavy atom. The average molecular weight is 518 g/mol. The number of halogens is 1. The molecule has 37 heavy (non-hydrogen) atoms. The van der Waals surface area contributed by atoms with Gasteiger partial charge in [-0.15, -0.1) is 0 Å². The smallest absolute Gasteiger partial charge is 0.280 e. The summed E-state index contributed by atoms with van der Waals surface area (Å²) in [6, 6.07) is 21.4. The molecule has 0 radical (unpaired) electrons. The van der Waals surface area contributed by atoms with Gasteiger partial charge in [0.25, 0.3) is 17.6 Å². The van der Waals surface area contributed by atoms with Crippen LogP contribution >= 0.6 is 11.6 Å². The van der Waals surface area contributed by atoms with E-state index >= 15 is 0 Å². The normalized spacial score (nSPS) is 15.3. The van der Waals surface area contributed by atoms with Crippen molar-refractivity contribution in [3.8, 4) is 17.1 Å². The maximum Gasteiger partial charge on any atom is 0.280 e. The lowest BCUT2D eigenvalue weighted by Crippen LogP contribution is -2.61. The second-order valence-corrected chi connectivity index (χ2v) is 8.92. The Balaban J connectivity index is 1.49. The number of ether oxygens (including phenoxy) is 2. The molecule has 1 saturated heterocycles. The van der Waals surface area contributed by atoms with Crippen molar-refractivity contribution in [2.75, 3.05) is 13.2 Å². The van der Waals surface area contributed by atoms with Crippen molar-refractivity contribution >= 4 is 23.4 Å². The molecule has 2 aromatic heterocycles. The van der Waals surface area contributed by atoms with E-state index in [9.17, 15) is 9.59 Å². The molecule has 0 aliphatic carbocycles. The van der Waals surface area contributed by atoms with E-state index in [0.29, 0.717) is 5.69 Å². The van der Waals surface area contributed by atoms with Crippen molar-refractivity contribution < 1.29 is 19.1 Å². The fraction of sp³-hybridized carbons (Fsp3) is 0.185. The van der Waals surface area contributed by atoms with Crippen LogP contribution in [0.15, 0.2) is 85.2 Å². The van der Waals surface area contributed by atoms with Gasteiger partial charge in [0.1, 0.15) is 0 Å². The lowest BCUT2D eigenvalue weighted by atomic mass is 9.97. The van der Waals surface area contributed by atoms with Crippen LogP contribution in [-0.4, -0.2) is 51.6 Å². The number of hydrogen-bond acceptors (Lipinski definition) is 6. The molecule has 1 aliphatic heterocycles. The van der Waals surface area contributed by atoms with Crippen LogP contribution in [0.25, 0.3) is 17.1 Å². The number of carbonyl (C=O) groups excluding carboxylic acids is 2. The predicted molar refractivity (Wildman–Crippen MR) is 137 cm³/mol. The molecule has 1 atom stereocenters. The monoisotopic (exact) mass is 517 g/mol. The second-order valence-electron chi connectivity index (χ2n) is 8.48. The van der Waals surface area contributed by atoms with Crippen LogP contribution in [0.4, 0.5) is 0 Å². The summed E-state index contributed by atoms with van der Waals surface area (Å²) < 4.78 is 12.9. The Hall–Kier alpha value is -4.05. The number of rotatable bonds is 8. The average Bonchev–Trinajstić information content (AvgIpc) is 3.61. The number of benzene rings is 2. The molecule has 0 saturated carbocycles. The number of carbonyl (C=O) groups is 2. The van der Waals surface area contributed by atoms with Gasteiger partial charge >= 0.3 is 0 Å². The molecule has 2 amide bonds. The first-order valence-corrected chi connectivity index (χ1v) is 12.0. The molecule has 5 rings (SSSR count). The number of pyridine rings is 1. The maximum absolute atomic E-state index is 13.7. The Bertz CT molecular complexity index is 1400. The number of nitrogens with two attached hydrogens (primary N) is 1. The van der Waals surface area contributed by atoms with Gasteiger partial charge in [-0.25, -0.2) is 9.67 Å². The van der Waals surface area contributed by atoms with Gasteiger partial charge in [0.2, 0.25) is 0 Å². The van der Waals surface area contributed by atoms with E-state index < -0.39 is 23.6 Å². The zero-order valence-corrected chi connectivity index (χ0v) is 20.5. The van der Waals surface area contributed by atoms with Gasteiger partial charge in [-0.3, -0.25) is 9.59 Å². The summed E-state index contributed by atoms with van der Waals surface area (Å²) in [4.78, 5) is 30.6. The Kier molecular flexibility index (Phi) is 7.00. The van der Waals surface area contributed by atoms with E-state index in [1.807, 2.05) is 66.7 Å². The summed E-state index contributed by atoms with van der Waals surface area (Å²) in [5, 5.41) is 7.76. The molecule has 0 spiro atoms. The Morgan fingerprint density at radius 2 is 1.73 bits per heavy atom. The van der Waals surface area contributed by atoms with E-state index in [2.05, 4.69) is 15.4 Å². The first-order valence-electron chi connectivity index (χ1n) is 11.7. The van der Waals surface area contributed by atoms with Crippen molar-refractivity contribution in [1.82, 2.24) is 20.1 Å². The van der Waals surface area contributed by atoms with Gasteiger partial charge < -0.3 is 20.5 Å². The predicted octanol–water partition coefficient (Wildman–Crippen LogP) is 3.16. The van der Waals surface area contributed by atoms with E-state index in [1.165, 1.54) is 16.9 Å². The highest BCUT2D eigenvalue weighted by molar-refractivity contribution is 6.30. The summed E-state index contributed by atoms with van der Waals surface area (Å²) in [7, 11) is 0. The zero-order chi connectivity index (χ0) is 25.8. The summed E-state index contributed by atoms with van der Waals surface area (Å²) in [5.41, 5.74) is 8.37. The zero-order valence-electron chi connectivity index (χ0n) is 19.7. The number of primary amides is 1. The van der Waals surface area contributed by atoms with Crippen LogP contribution in [0.3, 0.4) is 0 Å². The Labute approximate surface area is 218 Å². The first-order chi connectivity index (χ1) is 18.0. The quantitative estimate of drug-likeness (QED) is 0.370. The van der Waals surface area contributed by atoms with Crippen LogP contribution in [0.5, 0.6) is 0 Å². The number of nitrogens with one attached hydrogen (secondary N) is 1. The summed E-state index contributed by atoms with van der Waals surface area (Å²) >= 11 is 6.23. The summed E-state index contributed by atoms with van der Waals surface area (Å²) in [5.74, 6) is -2.91. The second kappa shape index (κ2) is 10.5. The van der Waals surface area contributed by atoms with Crippen molar-refractivity contribution in [1.29, 1.82) is 0 Å². The van der Waals surface area contributed by atoms with Gasteiger partial charge in [0.15, 0.2) is 5.82 Å². The van der Waals surface area contributed by atoms with Crippen LogP contribution in [0.2, 0.25) is 5.02 Å². The van der Waals surface area contributed by atoms with E-state index in [4.69, 9.17) is 26.8 Å². The topological polar surface area (TPSA) is 121 Å². The van der Waals surface area contributed by atoms with Gasteiger partial charge in [0, 0.05) is 18.0 Å².